The zero-order valence-electron chi connectivity index (χ0n) is 57.1. The molecule has 3 heterocycles. The lowest BCUT2D eigenvalue weighted by molar-refractivity contribution is -0.134. The van der Waals surface area contributed by atoms with Gasteiger partial charge in [-0.15, -0.1) is 0 Å². The Morgan fingerprint density at radius 3 is 1.20 bits per heavy atom. The van der Waals surface area contributed by atoms with E-state index in [2.05, 4.69) is 21.3 Å². The third-order valence-corrected chi connectivity index (χ3v) is 30.1. The summed E-state index contributed by atoms with van der Waals surface area (Å²) < 4.78 is 112. The molecule has 10 N–H and O–H groups in total. The lowest BCUT2D eigenvalue weighted by Gasteiger charge is -2.48. The maximum atomic E-state index is 14.1. The first-order valence-electron chi connectivity index (χ1n) is 34.2. The summed E-state index contributed by atoms with van der Waals surface area (Å²) in [4.78, 5) is 36.8. The topological polar surface area (TPSA) is 354 Å². The van der Waals surface area contributed by atoms with Crippen molar-refractivity contribution in [1.29, 1.82) is 0 Å². The molecule has 4 saturated carbocycles. The zero-order valence-corrected chi connectivity index (χ0v) is 59.6. The number of rotatable bonds is 19. The number of hydrogen-bond acceptors (Lipinski definition) is 22. The molecule has 4 aliphatic carbocycles. The summed E-state index contributed by atoms with van der Waals surface area (Å²) in [6, 6.07) is 39.8. The van der Waals surface area contributed by atoms with Gasteiger partial charge in [-0.1, -0.05) is 0 Å². The van der Waals surface area contributed by atoms with E-state index in [0.29, 0.717) is 83.6 Å². The van der Waals surface area contributed by atoms with E-state index < -0.39 is 61.6 Å². The van der Waals surface area contributed by atoms with Crippen molar-refractivity contribution < 1.29 is 83.7 Å². The standard InChI is InChI=1S/C26H34N2O6S.C25H30N2O6S.C22H27N3O6S/c1-27-19-11-13-25(14-12-19)15-17-26(18-16-25,24(29)28-30)35(31,32)23-9-7-22(8-10-23)34-21-5-3-20(33-2)4-6-21;1-32-18-3-5-19(6-4-18)33-20-7-9-21(10-8-20)34(30,31)25(23(28)27-29)16-17-2-11-22(25)24(17)12-14-26-15-13-24;1-30-16-2-4-17(5-3-16)31-18-6-8-19(9-7-18)32(28,29)22(20(26)25-27)14-21(15-24-22)10-12-23-13-11-21/h3-10,19,27,30H,11-18H2,1-2H3,(H,28,29);3-10,17,22,26,29H,2,11-16H2,1H3,(H,27,28);2-9,23-24,27H,10-15H2,1H3,(H,25,26). The summed E-state index contributed by atoms with van der Waals surface area (Å²) in [5.74, 6) is 2.46. The number of hydrogen-bond donors (Lipinski definition) is 10. The molecule has 13 rings (SSSR count). The van der Waals surface area contributed by atoms with Crippen LogP contribution in [0, 0.1) is 28.1 Å². The number of amides is 3. The van der Waals surface area contributed by atoms with E-state index in [1.807, 2.05) is 7.05 Å². The number of benzene rings is 6. The van der Waals surface area contributed by atoms with Crippen molar-refractivity contribution in [2.45, 2.75) is 138 Å². The monoisotopic (exact) mass is 1450 g/mol. The van der Waals surface area contributed by atoms with E-state index >= 15 is 0 Å². The second-order valence-electron chi connectivity index (χ2n) is 27.6. The number of ether oxygens (including phenoxy) is 6. The van der Waals surface area contributed by atoms with E-state index in [9.17, 15) is 55.3 Å². The Kier molecular flexibility index (Phi) is 22.5. The normalized spacial score (nSPS) is 25.6. The molecule has 7 aliphatic rings. The van der Waals surface area contributed by atoms with Crippen LogP contribution in [0.1, 0.15) is 103 Å². The molecule has 0 radical (unpaired) electrons. The Morgan fingerprint density at radius 1 is 0.426 bits per heavy atom. The third kappa shape index (κ3) is 14.4. The van der Waals surface area contributed by atoms with Crippen LogP contribution in [0.25, 0.3) is 0 Å². The number of sulfone groups is 3. The molecule has 3 amide bonds. The molecule has 0 aromatic heterocycles. The van der Waals surface area contributed by atoms with Crippen molar-refractivity contribution in [1.82, 2.24) is 37.7 Å². The van der Waals surface area contributed by atoms with Gasteiger partial charge >= 0.3 is 0 Å². The van der Waals surface area contributed by atoms with Gasteiger partial charge in [0.2, 0.25) is 14.7 Å². The highest BCUT2D eigenvalue weighted by Crippen LogP contribution is 2.68. The second kappa shape index (κ2) is 30.6. The third-order valence-electron chi connectivity index (χ3n) is 22.8. The van der Waals surface area contributed by atoms with E-state index in [4.69, 9.17) is 28.4 Å². The number of methoxy groups -OCH3 is 3. The van der Waals surface area contributed by atoms with Gasteiger partial charge in [-0.25, -0.2) is 41.7 Å². The molecule has 6 aromatic carbocycles. The van der Waals surface area contributed by atoms with Crippen LogP contribution < -0.4 is 66.1 Å². The van der Waals surface area contributed by atoms with Crippen LogP contribution in [-0.4, -0.2) is 140 Å². The molecule has 6 aromatic rings. The Labute approximate surface area is 589 Å². The highest BCUT2D eigenvalue weighted by atomic mass is 32.2. The molecule has 25 nitrogen and oxygen atoms in total. The maximum Gasteiger partial charge on any atom is 0.279 e. The van der Waals surface area contributed by atoms with Gasteiger partial charge < -0.3 is 44.4 Å². The van der Waals surface area contributed by atoms with Crippen LogP contribution in [0.3, 0.4) is 0 Å². The first-order chi connectivity index (χ1) is 48.5. The van der Waals surface area contributed by atoms with Gasteiger partial charge in [0.05, 0.1) is 36.0 Å². The largest absolute Gasteiger partial charge is 0.497 e. The average Bonchev–Trinajstić information content (AvgIpc) is 1.52. The van der Waals surface area contributed by atoms with Crippen molar-refractivity contribution in [3.63, 3.8) is 0 Å². The van der Waals surface area contributed by atoms with Crippen LogP contribution in [0.5, 0.6) is 51.7 Å². The highest BCUT2D eigenvalue weighted by molar-refractivity contribution is 7.94. The average molecular weight is 1450 g/mol. The van der Waals surface area contributed by atoms with Gasteiger partial charge in [0.15, 0.2) is 29.2 Å². The minimum atomic E-state index is -4.16. The molecular formula is C73H91N7O18S3. The first kappa shape index (κ1) is 74.3. The van der Waals surface area contributed by atoms with E-state index in [1.54, 1.807) is 135 Å². The van der Waals surface area contributed by atoms with Crippen LogP contribution >= 0.6 is 0 Å². The summed E-state index contributed by atoms with van der Waals surface area (Å²) in [5.41, 5.74) is 4.50. The van der Waals surface area contributed by atoms with E-state index in [0.717, 1.165) is 84.0 Å². The second-order valence-corrected chi connectivity index (χ2v) is 34.3. The van der Waals surface area contributed by atoms with E-state index in [1.165, 1.54) is 48.5 Å². The molecular weight excluding hydrogens is 1360 g/mol. The van der Waals surface area contributed by atoms with Crippen LogP contribution in [0.15, 0.2) is 160 Å². The Morgan fingerprint density at radius 2 is 0.802 bits per heavy atom. The predicted octanol–water partition coefficient (Wildman–Crippen LogP) is 9.36. The first-order valence-corrected chi connectivity index (χ1v) is 38.6. The Bertz CT molecular complexity index is 4200. The molecule has 3 spiro atoms. The van der Waals surface area contributed by atoms with Crippen molar-refractivity contribution >= 4 is 47.2 Å². The molecule has 3 aliphatic heterocycles. The van der Waals surface area contributed by atoms with Gasteiger partial charge in [-0.05, 0) is 310 Å². The molecule has 101 heavy (non-hydrogen) atoms. The fraction of sp³-hybridized carbons (Fsp3) is 0.466. The SMILES string of the molecule is CNC1CCC2(CC1)CCC(C(=O)NO)(S(=O)(=O)c1ccc(Oc3ccc(OC)cc3)cc1)CC2.COc1ccc(Oc2ccc(S(=O)(=O)C3(C(=O)NO)CC4(CCNCC4)CN3)cc2)cc1.COc1ccc(Oc2ccc(S(=O)(=O)C3(C(=O)NO)CC4CCC3C43CCNCC3)cc2)cc1. The van der Waals surface area contributed by atoms with E-state index in [-0.39, 0.29) is 68.5 Å². The lowest BCUT2D eigenvalue weighted by atomic mass is 9.62. The quantitative estimate of drug-likeness (QED) is 0.0266. The van der Waals surface area contributed by atoms with Gasteiger partial charge in [-0.2, -0.15) is 0 Å². The van der Waals surface area contributed by atoms with Crippen LogP contribution in [-0.2, 0) is 43.9 Å². The Balaban J connectivity index is 0.000000153. The molecule has 3 saturated heterocycles. The lowest BCUT2D eigenvalue weighted by Crippen LogP contribution is -2.58. The van der Waals surface area contributed by atoms with Crippen molar-refractivity contribution in [2.75, 3.05) is 61.1 Å². The molecule has 4 atom stereocenters. The number of hydroxylamine groups is 3. The minimum absolute atomic E-state index is 0.0262. The number of carbonyl (C=O) groups excluding carboxylic acids is 3. The molecule has 7 fully saturated rings. The van der Waals surface area contributed by atoms with Gasteiger partial charge in [-0.3, -0.25) is 35.3 Å². The fourth-order valence-corrected chi connectivity index (χ4v) is 23.2. The van der Waals surface area contributed by atoms with Gasteiger partial charge in [0.25, 0.3) is 17.7 Å². The summed E-state index contributed by atoms with van der Waals surface area (Å²) >= 11 is 0. The van der Waals surface area contributed by atoms with Gasteiger partial charge in [0.1, 0.15) is 51.7 Å². The van der Waals surface area contributed by atoms with Crippen molar-refractivity contribution in [2.24, 2.45) is 28.1 Å². The summed E-state index contributed by atoms with van der Waals surface area (Å²) in [6.07, 6.45) is 11.0. The van der Waals surface area contributed by atoms with Crippen LogP contribution in [0.4, 0.5) is 0 Å². The molecule has 28 heteroatoms. The minimum Gasteiger partial charge on any atom is -0.497 e. The van der Waals surface area contributed by atoms with Crippen molar-refractivity contribution in [3.8, 4) is 51.7 Å². The molecule has 544 valence electrons. The maximum absolute atomic E-state index is 14.1. The number of carbonyl (C=O) groups is 3. The summed E-state index contributed by atoms with van der Waals surface area (Å²) in [6.45, 7) is 3.55. The van der Waals surface area contributed by atoms with Gasteiger partial charge in [0, 0.05) is 12.6 Å². The predicted molar refractivity (Wildman–Crippen MR) is 373 cm³/mol. The van der Waals surface area contributed by atoms with Crippen LogP contribution in [0.2, 0.25) is 0 Å². The Hall–Kier alpha value is -7.90. The zero-order chi connectivity index (χ0) is 71.9. The number of piperidine rings is 2. The number of nitrogens with one attached hydrogen (secondary N) is 7. The highest BCUT2D eigenvalue weighted by Gasteiger charge is 2.73. The summed E-state index contributed by atoms with van der Waals surface area (Å²) in [7, 11) is -5.59. The smallest absolute Gasteiger partial charge is 0.279 e. The summed E-state index contributed by atoms with van der Waals surface area (Å²) in [5, 5.41) is 41.4. The molecule has 2 bridgehead atoms. The van der Waals surface area contributed by atoms with Crippen molar-refractivity contribution in [3.05, 3.63) is 146 Å². The molecule has 4 unspecified atom stereocenters. The fourth-order valence-electron chi connectivity index (χ4n) is 17.0.